The third-order valence-corrected chi connectivity index (χ3v) is 4.23. The average Bonchev–Trinajstić information content (AvgIpc) is 2.68. The van der Waals surface area contributed by atoms with Gasteiger partial charge < -0.3 is 15.0 Å². The molecule has 0 spiro atoms. The van der Waals surface area contributed by atoms with Crippen LogP contribution in [0.2, 0.25) is 0 Å². The van der Waals surface area contributed by atoms with Crippen LogP contribution in [0.15, 0.2) is 48.5 Å². The minimum Gasteiger partial charge on any atom is -0.378 e. The van der Waals surface area contributed by atoms with Crippen molar-refractivity contribution in [1.82, 2.24) is 10.2 Å². The molecule has 130 valence electrons. The Balaban J connectivity index is 1.77. The molecule has 1 heterocycles. The molecule has 25 heavy (non-hydrogen) atoms. The van der Waals surface area contributed by atoms with E-state index < -0.39 is 0 Å². The van der Waals surface area contributed by atoms with Crippen LogP contribution in [0.4, 0.5) is 0 Å². The lowest BCUT2D eigenvalue weighted by Crippen LogP contribution is -2.40. The summed E-state index contributed by atoms with van der Waals surface area (Å²) in [6, 6.07) is 15.0. The second kappa shape index (κ2) is 7.94. The second-order valence-electron chi connectivity index (χ2n) is 5.92. The van der Waals surface area contributed by atoms with Gasteiger partial charge >= 0.3 is 0 Å². The summed E-state index contributed by atoms with van der Waals surface area (Å²) >= 11 is 0. The average molecular weight is 338 g/mol. The number of benzene rings is 2. The monoisotopic (exact) mass is 338 g/mol. The number of nitrogens with one attached hydrogen (secondary N) is 1. The molecule has 0 bridgehead atoms. The molecule has 1 aliphatic rings. The smallest absolute Gasteiger partial charge is 0.254 e. The van der Waals surface area contributed by atoms with Gasteiger partial charge in [0.25, 0.3) is 11.8 Å². The van der Waals surface area contributed by atoms with Crippen LogP contribution in [0.5, 0.6) is 0 Å². The summed E-state index contributed by atoms with van der Waals surface area (Å²) in [6.45, 7) is 4.95. The fourth-order valence-electron chi connectivity index (χ4n) is 2.86. The van der Waals surface area contributed by atoms with Gasteiger partial charge in [-0.3, -0.25) is 9.59 Å². The third-order valence-electron chi connectivity index (χ3n) is 4.23. The molecule has 1 saturated heterocycles. The van der Waals surface area contributed by atoms with Gasteiger partial charge in [0, 0.05) is 30.8 Å². The number of ether oxygens (including phenoxy) is 1. The van der Waals surface area contributed by atoms with Gasteiger partial charge in [0.05, 0.1) is 13.2 Å². The first-order chi connectivity index (χ1) is 12.2. The van der Waals surface area contributed by atoms with Crippen LogP contribution in [-0.4, -0.2) is 49.6 Å². The molecule has 0 radical (unpaired) electrons. The van der Waals surface area contributed by atoms with E-state index in [0.717, 1.165) is 11.1 Å². The van der Waals surface area contributed by atoms with E-state index in [1.165, 1.54) is 0 Å². The number of hydrogen-bond acceptors (Lipinski definition) is 3. The maximum atomic E-state index is 12.5. The summed E-state index contributed by atoms with van der Waals surface area (Å²) in [4.78, 5) is 26.3. The van der Waals surface area contributed by atoms with Crippen LogP contribution in [0.3, 0.4) is 0 Å². The number of rotatable bonds is 4. The molecule has 1 aliphatic heterocycles. The van der Waals surface area contributed by atoms with E-state index in [4.69, 9.17) is 4.74 Å². The van der Waals surface area contributed by atoms with Gasteiger partial charge in [0.1, 0.15) is 0 Å². The van der Waals surface area contributed by atoms with Crippen LogP contribution in [0.1, 0.15) is 27.6 Å². The predicted octanol–water partition coefficient (Wildman–Crippen LogP) is 2.58. The Bertz CT molecular complexity index is 750. The van der Waals surface area contributed by atoms with Gasteiger partial charge in [-0.15, -0.1) is 0 Å². The summed E-state index contributed by atoms with van der Waals surface area (Å²) in [7, 11) is 0. The summed E-state index contributed by atoms with van der Waals surface area (Å²) < 4.78 is 5.28. The normalized spacial score (nSPS) is 14.2. The number of hydrogen-bond donors (Lipinski definition) is 1. The van der Waals surface area contributed by atoms with Crippen molar-refractivity contribution in [3.63, 3.8) is 0 Å². The third kappa shape index (κ3) is 4.06. The fourth-order valence-corrected chi connectivity index (χ4v) is 2.86. The van der Waals surface area contributed by atoms with Crippen molar-refractivity contribution in [1.29, 1.82) is 0 Å². The van der Waals surface area contributed by atoms with E-state index in [1.54, 1.807) is 6.07 Å². The van der Waals surface area contributed by atoms with E-state index >= 15 is 0 Å². The van der Waals surface area contributed by atoms with Gasteiger partial charge in [-0.2, -0.15) is 0 Å². The van der Waals surface area contributed by atoms with Crippen LogP contribution in [0.25, 0.3) is 11.1 Å². The summed E-state index contributed by atoms with van der Waals surface area (Å²) in [5.41, 5.74) is 3.23. The van der Waals surface area contributed by atoms with Gasteiger partial charge in [-0.1, -0.05) is 24.3 Å². The van der Waals surface area contributed by atoms with E-state index in [0.29, 0.717) is 44.0 Å². The first-order valence-corrected chi connectivity index (χ1v) is 8.55. The molecule has 3 rings (SSSR count). The topological polar surface area (TPSA) is 58.6 Å². The Morgan fingerprint density at radius 3 is 2.40 bits per heavy atom. The van der Waals surface area contributed by atoms with Crippen molar-refractivity contribution in [2.24, 2.45) is 0 Å². The van der Waals surface area contributed by atoms with Crippen molar-refractivity contribution in [2.45, 2.75) is 6.92 Å². The van der Waals surface area contributed by atoms with Crippen LogP contribution < -0.4 is 5.32 Å². The molecular weight excluding hydrogens is 316 g/mol. The highest BCUT2D eigenvalue weighted by Gasteiger charge is 2.18. The minimum atomic E-state index is -0.0801. The number of amides is 2. The molecular formula is C20H22N2O3. The Kier molecular flexibility index (Phi) is 5.46. The summed E-state index contributed by atoms with van der Waals surface area (Å²) in [6.07, 6.45) is 0. The highest BCUT2D eigenvalue weighted by Crippen LogP contribution is 2.22. The Labute approximate surface area is 147 Å². The molecule has 0 unspecified atom stereocenters. The second-order valence-corrected chi connectivity index (χ2v) is 5.92. The molecule has 0 atom stereocenters. The van der Waals surface area contributed by atoms with Crippen molar-refractivity contribution in [2.75, 3.05) is 32.8 Å². The van der Waals surface area contributed by atoms with E-state index in [-0.39, 0.29) is 11.8 Å². The van der Waals surface area contributed by atoms with Gasteiger partial charge in [0.2, 0.25) is 0 Å². The molecule has 1 N–H and O–H groups in total. The van der Waals surface area contributed by atoms with Crippen molar-refractivity contribution in [3.05, 3.63) is 59.7 Å². The van der Waals surface area contributed by atoms with E-state index in [9.17, 15) is 9.59 Å². The number of nitrogens with zero attached hydrogens (tertiary/aromatic N) is 1. The van der Waals surface area contributed by atoms with E-state index in [1.807, 2.05) is 54.3 Å². The maximum Gasteiger partial charge on any atom is 0.254 e. The van der Waals surface area contributed by atoms with E-state index in [2.05, 4.69) is 5.32 Å². The molecule has 5 heteroatoms. The standard InChI is InChI=1S/C20H22N2O3/c1-2-21-19(23)18-5-3-4-17(14-18)15-6-8-16(9-7-15)20(24)22-10-12-25-13-11-22/h3-9,14H,2,10-13H2,1H3,(H,21,23). The highest BCUT2D eigenvalue weighted by atomic mass is 16.5. The van der Waals surface area contributed by atoms with Crippen molar-refractivity contribution in [3.8, 4) is 11.1 Å². The number of morpholine rings is 1. The first kappa shape index (κ1) is 17.2. The van der Waals surface area contributed by atoms with Gasteiger partial charge in [-0.05, 0) is 42.3 Å². The first-order valence-electron chi connectivity index (χ1n) is 8.55. The molecule has 2 amide bonds. The molecule has 0 aliphatic carbocycles. The van der Waals surface area contributed by atoms with Crippen LogP contribution in [-0.2, 0) is 4.74 Å². The van der Waals surface area contributed by atoms with Crippen molar-refractivity contribution < 1.29 is 14.3 Å². The minimum absolute atomic E-state index is 0.0333. The van der Waals surface area contributed by atoms with Crippen LogP contribution >= 0.6 is 0 Å². The van der Waals surface area contributed by atoms with Gasteiger partial charge in [0.15, 0.2) is 0 Å². The zero-order chi connectivity index (χ0) is 17.6. The Hall–Kier alpha value is -2.66. The molecule has 2 aromatic carbocycles. The zero-order valence-corrected chi connectivity index (χ0v) is 14.3. The SMILES string of the molecule is CCNC(=O)c1cccc(-c2ccc(C(=O)N3CCOCC3)cc2)c1. The highest BCUT2D eigenvalue weighted by molar-refractivity contribution is 5.96. The zero-order valence-electron chi connectivity index (χ0n) is 14.3. The van der Waals surface area contributed by atoms with Crippen LogP contribution in [0, 0.1) is 0 Å². The number of carbonyl (C=O) groups is 2. The molecule has 2 aromatic rings. The molecule has 5 nitrogen and oxygen atoms in total. The quantitative estimate of drug-likeness (QED) is 0.932. The molecule has 0 saturated carbocycles. The lowest BCUT2D eigenvalue weighted by atomic mass is 10.0. The fraction of sp³-hybridized carbons (Fsp3) is 0.300. The number of carbonyl (C=O) groups excluding carboxylic acids is 2. The van der Waals surface area contributed by atoms with Crippen molar-refractivity contribution >= 4 is 11.8 Å². The maximum absolute atomic E-state index is 12.5. The molecule has 1 fully saturated rings. The predicted molar refractivity (Wildman–Crippen MR) is 96.6 cm³/mol. The van der Waals surface area contributed by atoms with Gasteiger partial charge in [-0.25, -0.2) is 0 Å². The molecule has 0 aromatic heterocycles. The Morgan fingerprint density at radius 1 is 1.00 bits per heavy atom. The lowest BCUT2D eigenvalue weighted by molar-refractivity contribution is 0.0303. The largest absolute Gasteiger partial charge is 0.378 e. The lowest BCUT2D eigenvalue weighted by Gasteiger charge is -2.26. The Morgan fingerprint density at radius 2 is 1.72 bits per heavy atom. The summed E-state index contributed by atoms with van der Waals surface area (Å²) in [5, 5.41) is 2.80. The summed E-state index contributed by atoms with van der Waals surface area (Å²) in [5.74, 6) is -0.0469.